The lowest BCUT2D eigenvalue weighted by Crippen LogP contribution is -2.23. The number of halogens is 3. The molecular formula is C12H12F3NO2. The van der Waals surface area contributed by atoms with Gasteiger partial charge >= 0.3 is 5.97 Å². The molecule has 2 rings (SSSR count). The van der Waals surface area contributed by atoms with E-state index in [2.05, 4.69) is 0 Å². The lowest BCUT2D eigenvalue weighted by molar-refractivity contribution is -0.141. The van der Waals surface area contributed by atoms with Crippen LogP contribution in [0, 0.1) is 23.4 Å². The van der Waals surface area contributed by atoms with Gasteiger partial charge in [-0.3, -0.25) is 9.69 Å². The molecule has 1 aromatic carbocycles. The third kappa shape index (κ3) is 2.64. The quantitative estimate of drug-likeness (QED) is 0.844. The lowest BCUT2D eigenvalue weighted by atomic mass is 10.1. The van der Waals surface area contributed by atoms with E-state index in [0.29, 0.717) is 25.1 Å². The molecular weight excluding hydrogens is 247 g/mol. The summed E-state index contributed by atoms with van der Waals surface area (Å²) in [6.07, 6.45) is 0.515. The Morgan fingerprint density at radius 1 is 1.33 bits per heavy atom. The van der Waals surface area contributed by atoms with E-state index >= 15 is 0 Å². The van der Waals surface area contributed by atoms with Crippen LogP contribution in [-0.2, 0) is 11.3 Å². The summed E-state index contributed by atoms with van der Waals surface area (Å²) in [5.74, 6) is -5.24. The van der Waals surface area contributed by atoms with E-state index in [1.165, 1.54) is 0 Å². The molecule has 1 aromatic rings. The number of nitrogens with zero attached hydrogens (tertiary/aromatic N) is 1. The Bertz CT molecular complexity index is 455. The number of hydrogen-bond donors (Lipinski definition) is 1. The number of aliphatic carboxylic acids is 1. The summed E-state index contributed by atoms with van der Waals surface area (Å²) in [7, 11) is 0. The van der Waals surface area contributed by atoms with Crippen molar-refractivity contribution in [2.75, 3.05) is 13.1 Å². The molecule has 1 aliphatic heterocycles. The molecule has 0 aliphatic carbocycles. The van der Waals surface area contributed by atoms with Crippen molar-refractivity contribution >= 4 is 5.97 Å². The van der Waals surface area contributed by atoms with Crippen molar-refractivity contribution in [1.29, 1.82) is 0 Å². The van der Waals surface area contributed by atoms with E-state index in [4.69, 9.17) is 5.11 Å². The first-order valence-corrected chi connectivity index (χ1v) is 5.56. The molecule has 0 aromatic heterocycles. The molecule has 6 heteroatoms. The Hall–Kier alpha value is -1.56. The highest BCUT2D eigenvalue weighted by Crippen LogP contribution is 2.20. The van der Waals surface area contributed by atoms with Crippen LogP contribution in [0.5, 0.6) is 0 Å². The predicted octanol–water partition coefficient (Wildman–Crippen LogP) is 2.01. The Balaban J connectivity index is 2.05. The zero-order chi connectivity index (χ0) is 13.3. The van der Waals surface area contributed by atoms with Gasteiger partial charge in [0, 0.05) is 13.1 Å². The first-order valence-electron chi connectivity index (χ1n) is 5.56. The van der Waals surface area contributed by atoms with E-state index in [9.17, 15) is 18.0 Å². The van der Waals surface area contributed by atoms with Crippen molar-refractivity contribution in [3.8, 4) is 0 Å². The zero-order valence-corrected chi connectivity index (χ0v) is 9.50. The monoisotopic (exact) mass is 259 g/mol. The third-order valence-electron chi connectivity index (χ3n) is 3.07. The molecule has 1 unspecified atom stereocenters. The average molecular weight is 259 g/mol. The molecule has 1 aliphatic rings. The van der Waals surface area contributed by atoms with Gasteiger partial charge in [0.1, 0.15) is 0 Å². The van der Waals surface area contributed by atoms with Gasteiger partial charge in [0.25, 0.3) is 0 Å². The van der Waals surface area contributed by atoms with Gasteiger partial charge < -0.3 is 5.11 Å². The van der Waals surface area contributed by atoms with Gasteiger partial charge in [-0.25, -0.2) is 13.2 Å². The van der Waals surface area contributed by atoms with Crippen molar-refractivity contribution in [3.05, 3.63) is 35.1 Å². The van der Waals surface area contributed by atoms with Crippen molar-refractivity contribution in [2.24, 2.45) is 5.92 Å². The van der Waals surface area contributed by atoms with Gasteiger partial charge in [-0.15, -0.1) is 0 Å². The average Bonchev–Trinajstić information content (AvgIpc) is 2.74. The van der Waals surface area contributed by atoms with Crippen molar-refractivity contribution in [2.45, 2.75) is 13.0 Å². The van der Waals surface area contributed by atoms with Crippen molar-refractivity contribution in [1.82, 2.24) is 4.90 Å². The molecule has 1 atom stereocenters. The minimum absolute atomic E-state index is 0.220. The molecule has 3 nitrogen and oxygen atoms in total. The molecule has 18 heavy (non-hydrogen) atoms. The largest absolute Gasteiger partial charge is 0.481 e. The highest BCUT2D eigenvalue weighted by molar-refractivity contribution is 5.70. The minimum Gasteiger partial charge on any atom is -0.481 e. The number of carbonyl (C=O) groups is 1. The maximum atomic E-state index is 13.0. The Kier molecular flexibility index (Phi) is 3.56. The van der Waals surface area contributed by atoms with Crippen LogP contribution in [0.3, 0.4) is 0 Å². The van der Waals surface area contributed by atoms with Crippen LogP contribution < -0.4 is 0 Å². The first-order chi connectivity index (χ1) is 8.47. The highest BCUT2D eigenvalue weighted by Gasteiger charge is 2.28. The highest BCUT2D eigenvalue weighted by atomic mass is 19.2. The van der Waals surface area contributed by atoms with Gasteiger partial charge in [0.15, 0.2) is 17.5 Å². The van der Waals surface area contributed by atoms with E-state index < -0.39 is 29.3 Å². The van der Waals surface area contributed by atoms with E-state index in [1.54, 1.807) is 4.90 Å². The number of carboxylic acid groups (broad SMARTS) is 1. The fraction of sp³-hybridized carbons (Fsp3) is 0.417. The second-order valence-corrected chi connectivity index (χ2v) is 4.43. The predicted molar refractivity (Wildman–Crippen MR) is 57.3 cm³/mol. The molecule has 0 saturated carbocycles. The van der Waals surface area contributed by atoms with Crippen LogP contribution >= 0.6 is 0 Å². The summed E-state index contributed by atoms with van der Waals surface area (Å²) in [6.45, 7) is 1.12. The molecule has 1 heterocycles. The fourth-order valence-corrected chi connectivity index (χ4v) is 2.14. The van der Waals surface area contributed by atoms with E-state index in [-0.39, 0.29) is 6.54 Å². The number of carboxylic acids is 1. The molecule has 1 N–H and O–H groups in total. The summed E-state index contributed by atoms with van der Waals surface area (Å²) >= 11 is 0. The summed E-state index contributed by atoms with van der Waals surface area (Å²) in [5, 5.41) is 8.83. The zero-order valence-electron chi connectivity index (χ0n) is 9.50. The SMILES string of the molecule is O=C(O)C1CCN(Cc2cc(F)c(F)c(F)c2)C1. The number of benzene rings is 1. The van der Waals surface area contributed by atoms with Gasteiger partial charge in [-0.05, 0) is 30.7 Å². The standard InChI is InChI=1S/C12H12F3NO2/c13-9-3-7(4-10(14)11(9)15)5-16-2-1-8(6-16)12(17)18/h3-4,8H,1-2,5-6H2,(H,17,18). The molecule has 0 amide bonds. The maximum Gasteiger partial charge on any atom is 0.307 e. The third-order valence-corrected chi connectivity index (χ3v) is 3.07. The Morgan fingerprint density at radius 2 is 1.94 bits per heavy atom. The first kappa shape index (κ1) is 12.9. The van der Waals surface area contributed by atoms with E-state index in [0.717, 1.165) is 12.1 Å². The lowest BCUT2D eigenvalue weighted by Gasteiger charge is -2.15. The fourth-order valence-electron chi connectivity index (χ4n) is 2.14. The van der Waals surface area contributed by atoms with E-state index in [1.807, 2.05) is 0 Å². The van der Waals surface area contributed by atoms with Gasteiger partial charge in [0.05, 0.1) is 5.92 Å². The van der Waals surface area contributed by atoms with Crippen molar-refractivity contribution in [3.63, 3.8) is 0 Å². The van der Waals surface area contributed by atoms with Crippen LogP contribution in [0.2, 0.25) is 0 Å². The molecule has 0 radical (unpaired) electrons. The van der Waals surface area contributed by atoms with Crippen LogP contribution in [0.25, 0.3) is 0 Å². The Labute approximate surface area is 102 Å². The molecule has 1 saturated heterocycles. The summed E-state index contributed by atoms with van der Waals surface area (Å²) in [6, 6.07) is 1.87. The second-order valence-electron chi connectivity index (χ2n) is 4.43. The van der Waals surface area contributed by atoms with Crippen molar-refractivity contribution < 1.29 is 23.1 Å². The van der Waals surface area contributed by atoms with Crippen LogP contribution in [0.15, 0.2) is 12.1 Å². The van der Waals surface area contributed by atoms with Crippen LogP contribution in [0.1, 0.15) is 12.0 Å². The molecule has 1 fully saturated rings. The van der Waals surface area contributed by atoms with Crippen LogP contribution in [0.4, 0.5) is 13.2 Å². The summed E-state index contributed by atoms with van der Waals surface area (Å²) in [5.41, 5.74) is 0.303. The molecule has 0 bridgehead atoms. The summed E-state index contributed by atoms with van der Waals surface area (Å²) < 4.78 is 38.7. The minimum atomic E-state index is -1.48. The van der Waals surface area contributed by atoms with Crippen LogP contribution in [-0.4, -0.2) is 29.1 Å². The maximum absolute atomic E-state index is 13.0. The second kappa shape index (κ2) is 4.97. The number of hydrogen-bond acceptors (Lipinski definition) is 2. The van der Waals surface area contributed by atoms with Gasteiger partial charge in [0.2, 0.25) is 0 Å². The Morgan fingerprint density at radius 3 is 2.44 bits per heavy atom. The number of rotatable bonds is 3. The smallest absolute Gasteiger partial charge is 0.307 e. The topological polar surface area (TPSA) is 40.5 Å². The van der Waals surface area contributed by atoms with Gasteiger partial charge in [-0.1, -0.05) is 0 Å². The number of likely N-dealkylation sites (tertiary alicyclic amines) is 1. The normalized spacial score (nSPS) is 20.3. The summed E-state index contributed by atoms with van der Waals surface area (Å²) in [4.78, 5) is 12.5. The van der Waals surface area contributed by atoms with Gasteiger partial charge in [-0.2, -0.15) is 0 Å². The molecule has 0 spiro atoms. The molecule has 98 valence electrons.